The zero-order chi connectivity index (χ0) is 24.5. The molecule has 3 aliphatic rings. The van der Waals surface area contributed by atoms with Gasteiger partial charge >= 0.3 is 0 Å². The van der Waals surface area contributed by atoms with Crippen LogP contribution in [0.2, 0.25) is 0 Å². The Balaban J connectivity index is 1.21. The van der Waals surface area contributed by atoms with Gasteiger partial charge in [0, 0.05) is 13.2 Å². The second kappa shape index (κ2) is 13.5. The van der Waals surface area contributed by atoms with Crippen LogP contribution >= 0.6 is 0 Å². The zero-order valence-electron chi connectivity index (χ0n) is 21.7. The smallest absolute Gasteiger partial charge is 0.158 e. The van der Waals surface area contributed by atoms with E-state index in [-0.39, 0.29) is 24.8 Å². The molecule has 3 fully saturated rings. The third kappa shape index (κ3) is 9.10. The summed E-state index contributed by atoms with van der Waals surface area (Å²) in [5.74, 6) is 0.635. The van der Waals surface area contributed by atoms with Crippen LogP contribution in [0.4, 0.5) is 0 Å². The van der Waals surface area contributed by atoms with E-state index in [1.165, 1.54) is 12.0 Å². The zero-order valence-corrected chi connectivity index (χ0v) is 21.7. The molecule has 0 spiro atoms. The molecule has 2 saturated heterocycles. The van der Waals surface area contributed by atoms with E-state index in [1.54, 1.807) is 0 Å². The van der Waals surface area contributed by atoms with Crippen LogP contribution in [0.15, 0.2) is 30.3 Å². The molecule has 1 aliphatic carbocycles. The highest BCUT2D eigenvalue weighted by Gasteiger charge is 2.53. The summed E-state index contributed by atoms with van der Waals surface area (Å²) in [5.41, 5.74) is 0.583. The van der Waals surface area contributed by atoms with E-state index in [0.29, 0.717) is 25.0 Å². The lowest BCUT2D eigenvalue weighted by atomic mass is 9.94. The molecule has 1 saturated carbocycles. The Labute approximate surface area is 211 Å². The van der Waals surface area contributed by atoms with Gasteiger partial charge in [-0.2, -0.15) is 0 Å². The number of ether oxygens (including phenoxy) is 5. The molecule has 198 valence electrons. The SMILES string of the molecule is C[C@H](C[C@H](COCc1ccccc1)OC1CCCCO1)CC1(O)CC1C[C@H](C)OC1CCCCO1. The number of rotatable bonds is 14. The lowest BCUT2D eigenvalue weighted by Crippen LogP contribution is -2.32. The van der Waals surface area contributed by atoms with Crippen molar-refractivity contribution in [2.24, 2.45) is 11.8 Å². The molecule has 1 aromatic carbocycles. The highest BCUT2D eigenvalue weighted by Crippen LogP contribution is 2.51. The number of benzene rings is 1. The summed E-state index contributed by atoms with van der Waals surface area (Å²) in [4.78, 5) is 0. The Morgan fingerprint density at radius 1 is 0.971 bits per heavy atom. The van der Waals surface area contributed by atoms with E-state index in [1.807, 2.05) is 18.2 Å². The Hall–Kier alpha value is -1.02. The lowest BCUT2D eigenvalue weighted by Gasteiger charge is -2.30. The topological polar surface area (TPSA) is 66.4 Å². The number of hydrogen-bond acceptors (Lipinski definition) is 6. The normalized spacial score (nSPS) is 31.6. The van der Waals surface area contributed by atoms with Crippen LogP contribution in [0.25, 0.3) is 0 Å². The van der Waals surface area contributed by atoms with Crippen LogP contribution in [-0.2, 0) is 30.3 Å². The Bertz CT molecular complexity index is 717. The van der Waals surface area contributed by atoms with Crippen molar-refractivity contribution in [3.05, 3.63) is 35.9 Å². The molecule has 6 heteroatoms. The quantitative estimate of drug-likeness (QED) is 0.366. The monoisotopic (exact) mass is 490 g/mol. The van der Waals surface area contributed by atoms with Gasteiger partial charge in [-0.05, 0) is 88.5 Å². The Kier molecular flexibility index (Phi) is 10.4. The van der Waals surface area contributed by atoms with Crippen LogP contribution in [-0.4, -0.2) is 55.3 Å². The molecule has 35 heavy (non-hydrogen) atoms. The van der Waals surface area contributed by atoms with Crippen LogP contribution in [0, 0.1) is 11.8 Å². The average molecular weight is 491 g/mol. The fraction of sp³-hybridized carbons (Fsp3) is 0.793. The summed E-state index contributed by atoms with van der Waals surface area (Å²) < 4.78 is 30.0. The van der Waals surface area contributed by atoms with Gasteiger partial charge < -0.3 is 28.8 Å². The molecule has 2 aliphatic heterocycles. The molecule has 1 N–H and O–H groups in total. The number of hydrogen-bond donors (Lipinski definition) is 1. The predicted octanol–water partition coefficient (Wildman–Crippen LogP) is 5.60. The first-order valence-corrected chi connectivity index (χ1v) is 13.9. The molecule has 4 rings (SSSR count). The summed E-state index contributed by atoms with van der Waals surface area (Å²) in [5, 5.41) is 11.2. The summed E-state index contributed by atoms with van der Waals surface area (Å²) in [6, 6.07) is 10.2. The highest BCUT2D eigenvalue weighted by molar-refractivity contribution is 5.13. The maximum absolute atomic E-state index is 11.2. The van der Waals surface area contributed by atoms with Crippen molar-refractivity contribution in [3.8, 4) is 0 Å². The van der Waals surface area contributed by atoms with Crippen molar-refractivity contribution in [3.63, 3.8) is 0 Å². The molecule has 0 radical (unpaired) electrons. The van der Waals surface area contributed by atoms with E-state index in [4.69, 9.17) is 23.7 Å². The van der Waals surface area contributed by atoms with Crippen LogP contribution < -0.4 is 0 Å². The average Bonchev–Trinajstić information content (AvgIpc) is 3.48. The standard InChI is InChI=1S/C29H46O6/c1-22(18-29(30)19-25(29)17-23(2)34-27-12-6-8-14-32-27)16-26(35-28-13-7-9-15-33-28)21-31-20-24-10-4-3-5-11-24/h3-5,10-11,22-23,25-28,30H,6-9,12-21H2,1-2H3/t22-,23+,25?,26-,27?,28?,29?/m1/s1. The van der Waals surface area contributed by atoms with Crippen LogP contribution in [0.3, 0.4) is 0 Å². The third-order valence-electron chi connectivity index (χ3n) is 7.60. The van der Waals surface area contributed by atoms with Gasteiger partial charge in [-0.3, -0.25) is 0 Å². The van der Waals surface area contributed by atoms with E-state index >= 15 is 0 Å². The van der Waals surface area contributed by atoms with Gasteiger partial charge in [-0.1, -0.05) is 37.3 Å². The van der Waals surface area contributed by atoms with Gasteiger partial charge in [-0.25, -0.2) is 0 Å². The van der Waals surface area contributed by atoms with Gasteiger partial charge in [0.25, 0.3) is 0 Å². The number of aliphatic hydroxyl groups is 1. The summed E-state index contributed by atoms with van der Waals surface area (Å²) in [6.07, 6.45) is 9.72. The molecule has 2 heterocycles. The summed E-state index contributed by atoms with van der Waals surface area (Å²) >= 11 is 0. The molecule has 1 aromatic rings. The fourth-order valence-electron chi connectivity index (χ4n) is 5.67. The van der Waals surface area contributed by atoms with Crippen molar-refractivity contribution in [1.82, 2.24) is 0 Å². The molecular formula is C29H46O6. The van der Waals surface area contributed by atoms with Crippen molar-refractivity contribution in [1.29, 1.82) is 0 Å². The maximum Gasteiger partial charge on any atom is 0.158 e. The molecule has 0 amide bonds. The van der Waals surface area contributed by atoms with Gasteiger partial charge in [0.15, 0.2) is 12.6 Å². The first-order valence-electron chi connectivity index (χ1n) is 13.9. The fourth-order valence-corrected chi connectivity index (χ4v) is 5.67. The molecule has 0 bridgehead atoms. The second-order valence-corrected chi connectivity index (χ2v) is 11.1. The maximum atomic E-state index is 11.2. The molecule has 7 atom stereocenters. The van der Waals surface area contributed by atoms with Crippen molar-refractivity contribution in [2.45, 2.75) is 115 Å². The molecular weight excluding hydrogens is 444 g/mol. The minimum Gasteiger partial charge on any atom is -0.390 e. The largest absolute Gasteiger partial charge is 0.390 e. The van der Waals surface area contributed by atoms with Gasteiger partial charge in [0.2, 0.25) is 0 Å². The highest BCUT2D eigenvalue weighted by atomic mass is 16.7. The predicted molar refractivity (Wildman–Crippen MR) is 135 cm³/mol. The Morgan fingerprint density at radius 2 is 1.66 bits per heavy atom. The second-order valence-electron chi connectivity index (χ2n) is 11.1. The Morgan fingerprint density at radius 3 is 2.31 bits per heavy atom. The molecule has 6 nitrogen and oxygen atoms in total. The van der Waals surface area contributed by atoms with Crippen molar-refractivity contribution in [2.75, 3.05) is 19.8 Å². The van der Waals surface area contributed by atoms with Crippen molar-refractivity contribution >= 4 is 0 Å². The summed E-state index contributed by atoms with van der Waals surface area (Å²) in [6.45, 7) is 7.01. The summed E-state index contributed by atoms with van der Waals surface area (Å²) in [7, 11) is 0. The van der Waals surface area contributed by atoms with E-state index < -0.39 is 5.60 Å². The first kappa shape index (κ1) is 27.0. The van der Waals surface area contributed by atoms with Gasteiger partial charge in [-0.15, -0.1) is 0 Å². The van der Waals surface area contributed by atoms with E-state index in [0.717, 1.165) is 71.0 Å². The van der Waals surface area contributed by atoms with Gasteiger partial charge in [0.1, 0.15) is 0 Å². The van der Waals surface area contributed by atoms with Crippen molar-refractivity contribution < 1.29 is 28.8 Å². The molecule has 4 unspecified atom stereocenters. The van der Waals surface area contributed by atoms with Crippen LogP contribution in [0.1, 0.15) is 83.6 Å². The third-order valence-corrected chi connectivity index (χ3v) is 7.60. The lowest BCUT2D eigenvalue weighted by molar-refractivity contribution is -0.202. The minimum absolute atomic E-state index is 0.0386. The minimum atomic E-state index is -0.582. The van der Waals surface area contributed by atoms with Crippen LogP contribution in [0.5, 0.6) is 0 Å². The van der Waals surface area contributed by atoms with E-state index in [9.17, 15) is 5.11 Å². The van der Waals surface area contributed by atoms with E-state index in [2.05, 4.69) is 26.0 Å². The molecule has 0 aromatic heterocycles. The van der Waals surface area contributed by atoms with Gasteiger partial charge in [0.05, 0.1) is 31.0 Å². The first-order chi connectivity index (χ1) is 17.0.